The number of piperidine rings is 2. The third-order valence-electron chi connectivity index (χ3n) is 6.37. The standard InChI is InChI=1S/C23H32N4O/c28-22(9-4-13-25-16-12-24-20-25)27-15-6-11-23(19-27)10-5-14-26(18-23)17-21-7-2-1-3-8-21/h1-3,7-8,12,16,20H,4-6,9-11,13-15,17-19H2/t23-/m0/s1. The van der Waals surface area contributed by atoms with Gasteiger partial charge in [-0.25, -0.2) is 4.98 Å². The molecule has 1 atom stereocenters. The SMILES string of the molecule is O=C(CCCn1ccnc1)N1CCC[C@]2(CCCN(Cc3ccccc3)C2)C1. The van der Waals surface area contributed by atoms with E-state index in [1.165, 1.54) is 31.4 Å². The molecule has 5 nitrogen and oxygen atoms in total. The number of benzene rings is 1. The lowest BCUT2D eigenvalue weighted by Crippen LogP contribution is -2.53. The maximum atomic E-state index is 12.8. The highest BCUT2D eigenvalue weighted by atomic mass is 16.2. The first-order valence-corrected chi connectivity index (χ1v) is 10.7. The van der Waals surface area contributed by atoms with Crippen LogP contribution in [0.4, 0.5) is 0 Å². The summed E-state index contributed by atoms with van der Waals surface area (Å²) >= 11 is 0. The summed E-state index contributed by atoms with van der Waals surface area (Å²) in [5.41, 5.74) is 1.69. The molecule has 0 N–H and O–H groups in total. The van der Waals surface area contributed by atoms with Gasteiger partial charge in [-0.15, -0.1) is 0 Å². The number of aromatic nitrogens is 2. The van der Waals surface area contributed by atoms with E-state index in [-0.39, 0.29) is 0 Å². The van der Waals surface area contributed by atoms with Crippen molar-refractivity contribution in [3.8, 4) is 0 Å². The van der Waals surface area contributed by atoms with Crippen molar-refractivity contribution in [3.63, 3.8) is 0 Å². The average Bonchev–Trinajstić information content (AvgIpc) is 3.22. The minimum Gasteiger partial charge on any atom is -0.342 e. The Hall–Kier alpha value is -2.14. The van der Waals surface area contributed by atoms with Gasteiger partial charge in [0, 0.05) is 57.0 Å². The maximum absolute atomic E-state index is 12.8. The van der Waals surface area contributed by atoms with E-state index in [0.29, 0.717) is 17.7 Å². The van der Waals surface area contributed by atoms with Crippen LogP contribution in [0.5, 0.6) is 0 Å². The van der Waals surface area contributed by atoms with Crippen LogP contribution < -0.4 is 0 Å². The molecular weight excluding hydrogens is 348 g/mol. The third-order valence-corrected chi connectivity index (χ3v) is 6.37. The number of nitrogens with zero attached hydrogens (tertiary/aromatic N) is 4. The van der Waals surface area contributed by atoms with Crippen LogP contribution in [0.25, 0.3) is 0 Å². The van der Waals surface area contributed by atoms with Crippen molar-refractivity contribution in [2.24, 2.45) is 5.41 Å². The van der Waals surface area contributed by atoms with Gasteiger partial charge >= 0.3 is 0 Å². The van der Waals surface area contributed by atoms with Crippen LogP contribution >= 0.6 is 0 Å². The smallest absolute Gasteiger partial charge is 0.222 e. The quantitative estimate of drug-likeness (QED) is 0.769. The summed E-state index contributed by atoms with van der Waals surface area (Å²) in [6, 6.07) is 10.8. The van der Waals surface area contributed by atoms with Crippen LogP contribution in [-0.2, 0) is 17.9 Å². The Morgan fingerprint density at radius 2 is 1.89 bits per heavy atom. The largest absolute Gasteiger partial charge is 0.342 e. The molecule has 2 saturated heterocycles. The van der Waals surface area contributed by atoms with E-state index in [2.05, 4.69) is 45.1 Å². The number of carbonyl (C=O) groups excluding carboxylic acids is 1. The molecule has 28 heavy (non-hydrogen) atoms. The second-order valence-corrected chi connectivity index (χ2v) is 8.62. The number of rotatable bonds is 6. The zero-order chi connectivity index (χ0) is 19.2. The topological polar surface area (TPSA) is 41.4 Å². The minimum absolute atomic E-state index is 0.297. The van der Waals surface area contributed by atoms with Gasteiger partial charge < -0.3 is 9.47 Å². The highest BCUT2D eigenvalue weighted by Crippen LogP contribution is 2.39. The van der Waals surface area contributed by atoms with Gasteiger partial charge in [-0.05, 0) is 44.2 Å². The van der Waals surface area contributed by atoms with Crippen molar-refractivity contribution in [2.45, 2.75) is 51.6 Å². The lowest BCUT2D eigenvalue weighted by Gasteiger charge is -2.48. The predicted molar refractivity (Wildman–Crippen MR) is 111 cm³/mol. The highest BCUT2D eigenvalue weighted by molar-refractivity contribution is 5.76. The lowest BCUT2D eigenvalue weighted by atomic mass is 9.73. The Labute approximate surface area is 168 Å². The minimum atomic E-state index is 0.297. The highest BCUT2D eigenvalue weighted by Gasteiger charge is 2.40. The van der Waals surface area contributed by atoms with E-state index >= 15 is 0 Å². The number of hydrogen-bond acceptors (Lipinski definition) is 3. The Morgan fingerprint density at radius 1 is 1.07 bits per heavy atom. The molecule has 2 aromatic rings. The molecule has 1 spiro atoms. The number of imidazole rings is 1. The van der Waals surface area contributed by atoms with Crippen molar-refractivity contribution in [2.75, 3.05) is 26.2 Å². The normalized spacial score (nSPS) is 23.2. The van der Waals surface area contributed by atoms with E-state index in [1.807, 2.05) is 17.1 Å². The summed E-state index contributed by atoms with van der Waals surface area (Å²) in [5.74, 6) is 0.333. The fourth-order valence-corrected chi connectivity index (χ4v) is 5.03. The van der Waals surface area contributed by atoms with Gasteiger partial charge in [-0.1, -0.05) is 30.3 Å². The summed E-state index contributed by atoms with van der Waals surface area (Å²) in [6.45, 7) is 6.08. The molecule has 0 bridgehead atoms. The molecule has 0 saturated carbocycles. The van der Waals surface area contributed by atoms with E-state index in [1.54, 1.807) is 6.20 Å². The van der Waals surface area contributed by atoms with Crippen LogP contribution in [0.2, 0.25) is 0 Å². The summed E-state index contributed by atoms with van der Waals surface area (Å²) in [6.07, 6.45) is 12.0. The first-order valence-electron chi connectivity index (χ1n) is 10.7. The molecule has 0 radical (unpaired) electrons. The average molecular weight is 381 g/mol. The van der Waals surface area contributed by atoms with Crippen LogP contribution in [0.1, 0.15) is 44.1 Å². The van der Waals surface area contributed by atoms with Gasteiger partial charge in [-0.2, -0.15) is 0 Å². The molecule has 2 fully saturated rings. The molecule has 2 aliphatic rings. The molecule has 2 aliphatic heterocycles. The summed E-state index contributed by atoms with van der Waals surface area (Å²) in [4.78, 5) is 21.6. The van der Waals surface area contributed by atoms with Crippen LogP contribution in [0.15, 0.2) is 49.1 Å². The van der Waals surface area contributed by atoms with Crippen LogP contribution in [-0.4, -0.2) is 51.4 Å². The zero-order valence-electron chi connectivity index (χ0n) is 16.8. The second kappa shape index (κ2) is 8.91. The second-order valence-electron chi connectivity index (χ2n) is 8.62. The third kappa shape index (κ3) is 4.82. The molecular formula is C23H32N4O. The first-order chi connectivity index (χ1) is 13.7. The van der Waals surface area contributed by atoms with Crippen molar-refractivity contribution in [3.05, 3.63) is 54.6 Å². The zero-order valence-corrected chi connectivity index (χ0v) is 16.8. The molecule has 0 aliphatic carbocycles. The number of aryl methyl sites for hydroxylation is 1. The van der Waals surface area contributed by atoms with E-state index in [0.717, 1.165) is 45.6 Å². The molecule has 5 heteroatoms. The Kier molecular flexibility index (Phi) is 6.10. The van der Waals surface area contributed by atoms with Gasteiger partial charge in [0.25, 0.3) is 0 Å². The molecule has 3 heterocycles. The molecule has 1 aromatic carbocycles. The molecule has 150 valence electrons. The van der Waals surface area contributed by atoms with Gasteiger partial charge in [0.2, 0.25) is 5.91 Å². The number of hydrogen-bond donors (Lipinski definition) is 0. The predicted octanol–water partition coefficient (Wildman–Crippen LogP) is 3.57. The fraction of sp³-hybridized carbons (Fsp3) is 0.565. The van der Waals surface area contributed by atoms with Crippen LogP contribution in [0, 0.1) is 5.41 Å². The molecule has 4 rings (SSSR count). The van der Waals surface area contributed by atoms with E-state index in [4.69, 9.17) is 0 Å². The van der Waals surface area contributed by atoms with Gasteiger partial charge in [-0.3, -0.25) is 9.69 Å². The van der Waals surface area contributed by atoms with E-state index in [9.17, 15) is 4.79 Å². The Morgan fingerprint density at radius 3 is 2.68 bits per heavy atom. The lowest BCUT2D eigenvalue weighted by molar-refractivity contribution is -0.136. The number of likely N-dealkylation sites (tertiary alicyclic amines) is 2. The van der Waals surface area contributed by atoms with Crippen molar-refractivity contribution >= 4 is 5.91 Å². The first kappa shape index (κ1) is 19.2. The Balaban J connectivity index is 1.30. The van der Waals surface area contributed by atoms with Gasteiger partial charge in [0.15, 0.2) is 0 Å². The fourth-order valence-electron chi connectivity index (χ4n) is 5.03. The molecule has 1 aromatic heterocycles. The van der Waals surface area contributed by atoms with Crippen molar-refractivity contribution in [1.29, 1.82) is 0 Å². The summed E-state index contributed by atoms with van der Waals surface area (Å²) < 4.78 is 2.05. The monoisotopic (exact) mass is 380 g/mol. The number of carbonyl (C=O) groups is 1. The molecule has 0 unspecified atom stereocenters. The van der Waals surface area contributed by atoms with Crippen LogP contribution in [0.3, 0.4) is 0 Å². The van der Waals surface area contributed by atoms with E-state index < -0.39 is 0 Å². The van der Waals surface area contributed by atoms with Gasteiger partial charge in [0.05, 0.1) is 6.33 Å². The maximum Gasteiger partial charge on any atom is 0.222 e. The van der Waals surface area contributed by atoms with Gasteiger partial charge in [0.1, 0.15) is 0 Å². The molecule has 1 amide bonds. The summed E-state index contributed by atoms with van der Waals surface area (Å²) in [5, 5.41) is 0. The Bertz CT molecular complexity index is 741. The summed E-state index contributed by atoms with van der Waals surface area (Å²) in [7, 11) is 0. The van der Waals surface area contributed by atoms with Crippen molar-refractivity contribution in [1.82, 2.24) is 19.4 Å². The van der Waals surface area contributed by atoms with Crippen molar-refractivity contribution < 1.29 is 4.79 Å². The number of amides is 1.